The summed E-state index contributed by atoms with van der Waals surface area (Å²) in [6.07, 6.45) is 0.189. The number of carbonyl (C=O) groups is 2. The minimum atomic E-state index is -1.09. The van der Waals surface area contributed by atoms with Crippen LogP contribution in [-0.2, 0) is 9.59 Å². The van der Waals surface area contributed by atoms with Gasteiger partial charge in [0.15, 0.2) is 0 Å². The molecule has 4 aromatic rings. The van der Waals surface area contributed by atoms with Crippen LogP contribution in [0.2, 0.25) is 0 Å². The van der Waals surface area contributed by atoms with Crippen LogP contribution in [0.1, 0.15) is 40.5 Å². The zero-order valence-corrected chi connectivity index (χ0v) is 18.6. The molecule has 1 atom stereocenters. The van der Waals surface area contributed by atoms with Crippen LogP contribution in [0.15, 0.2) is 109 Å². The summed E-state index contributed by atoms with van der Waals surface area (Å²) >= 11 is 0. The van der Waals surface area contributed by atoms with Gasteiger partial charge in [0, 0.05) is 18.3 Å². The standard InChI is InChI=1S/C30H25NO3/c32-27(19-26-24-17-9-7-15-22(24)23-16-8-10-18-25(23)26)31-29(30(33)34)28(20-11-3-1-4-12-20)21-13-5-2-6-14-21/h1-18,26,28-29H,19H2,(H,31,32)(H,33,34)/t29-/m0/s1. The summed E-state index contributed by atoms with van der Waals surface area (Å²) in [6, 6.07) is 34.1. The first-order valence-electron chi connectivity index (χ1n) is 11.4. The second kappa shape index (κ2) is 9.36. The van der Waals surface area contributed by atoms with Gasteiger partial charge in [-0.05, 0) is 33.4 Å². The van der Waals surface area contributed by atoms with Gasteiger partial charge in [-0.25, -0.2) is 4.79 Å². The van der Waals surface area contributed by atoms with Crippen molar-refractivity contribution in [2.24, 2.45) is 0 Å². The molecular weight excluding hydrogens is 422 g/mol. The lowest BCUT2D eigenvalue weighted by Crippen LogP contribution is -2.45. The Morgan fingerprint density at radius 1 is 0.676 bits per heavy atom. The van der Waals surface area contributed by atoms with Gasteiger partial charge in [0.05, 0.1) is 0 Å². The summed E-state index contributed by atoms with van der Waals surface area (Å²) < 4.78 is 0. The van der Waals surface area contributed by atoms with Crippen molar-refractivity contribution in [1.29, 1.82) is 0 Å². The van der Waals surface area contributed by atoms with E-state index >= 15 is 0 Å². The Morgan fingerprint density at radius 3 is 1.59 bits per heavy atom. The normalized spacial score (nSPS) is 13.2. The van der Waals surface area contributed by atoms with Gasteiger partial charge < -0.3 is 10.4 Å². The van der Waals surface area contributed by atoms with E-state index in [9.17, 15) is 14.7 Å². The first-order valence-corrected chi connectivity index (χ1v) is 11.4. The maximum atomic E-state index is 13.3. The summed E-state index contributed by atoms with van der Waals surface area (Å²) in [5, 5.41) is 13.0. The third-order valence-electron chi connectivity index (χ3n) is 6.59. The molecular formula is C30H25NO3. The third-order valence-corrected chi connectivity index (χ3v) is 6.59. The van der Waals surface area contributed by atoms with Crippen LogP contribution in [0.25, 0.3) is 11.1 Å². The molecule has 4 nitrogen and oxygen atoms in total. The molecule has 0 aromatic heterocycles. The van der Waals surface area contributed by atoms with E-state index in [2.05, 4.69) is 29.6 Å². The van der Waals surface area contributed by atoms with E-state index < -0.39 is 17.9 Å². The van der Waals surface area contributed by atoms with E-state index in [1.54, 1.807) is 0 Å². The molecule has 0 aliphatic heterocycles. The number of benzene rings is 4. The predicted octanol–water partition coefficient (Wildman–Crippen LogP) is 5.59. The number of carboxylic acid groups (broad SMARTS) is 1. The Hall–Kier alpha value is -4.18. The van der Waals surface area contributed by atoms with Gasteiger partial charge in [-0.3, -0.25) is 4.79 Å². The Labute approximate surface area is 198 Å². The van der Waals surface area contributed by atoms with Crippen LogP contribution >= 0.6 is 0 Å². The van der Waals surface area contributed by atoms with Crippen molar-refractivity contribution in [3.63, 3.8) is 0 Å². The lowest BCUT2D eigenvalue weighted by Gasteiger charge is -2.26. The summed E-state index contributed by atoms with van der Waals surface area (Å²) in [6.45, 7) is 0. The molecule has 4 heteroatoms. The van der Waals surface area contributed by atoms with Crippen molar-refractivity contribution in [3.05, 3.63) is 131 Å². The minimum Gasteiger partial charge on any atom is -0.480 e. The summed E-state index contributed by atoms with van der Waals surface area (Å²) in [4.78, 5) is 25.8. The van der Waals surface area contributed by atoms with E-state index in [4.69, 9.17) is 0 Å². The second-order valence-corrected chi connectivity index (χ2v) is 8.61. The molecule has 0 radical (unpaired) electrons. The molecule has 4 aromatic carbocycles. The largest absolute Gasteiger partial charge is 0.480 e. The molecule has 0 fully saturated rings. The topological polar surface area (TPSA) is 66.4 Å². The number of hydrogen-bond donors (Lipinski definition) is 2. The SMILES string of the molecule is O=C(CC1c2ccccc2-c2ccccc21)N[C@H](C(=O)O)C(c1ccccc1)c1ccccc1. The van der Waals surface area contributed by atoms with Gasteiger partial charge in [0.2, 0.25) is 5.91 Å². The Balaban J connectivity index is 1.45. The van der Waals surface area contributed by atoms with Gasteiger partial charge in [-0.1, -0.05) is 109 Å². The molecule has 0 saturated heterocycles. The quantitative estimate of drug-likeness (QED) is 0.388. The first kappa shape index (κ1) is 21.7. The molecule has 1 aliphatic carbocycles. The van der Waals surface area contributed by atoms with Gasteiger partial charge in [0.25, 0.3) is 0 Å². The number of rotatable bonds is 7. The van der Waals surface area contributed by atoms with E-state index in [1.165, 1.54) is 0 Å². The number of nitrogens with one attached hydrogen (secondary N) is 1. The molecule has 2 N–H and O–H groups in total. The summed E-state index contributed by atoms with van der Waals surface area (Å²) in [5.74, 6) is -1.94. The van der Waals surface area contributed by atoms with Crippen molar-refractivity contribution in [1.82, 2.24) is 5.32 Å². The third kappa shape index (κ3) is 4.11. The van der Waals surface area contributed by atoms with Crippen LogP contribution in [0.4, 0.5) is 0 Å². The average molecular weight is 448 g/mol. The fourth-order valence-corrected chi connectivity index (χ4v) is 5.08. The van der Waals surface area contributed by atoms with Crippen LogP contribution < -0.4 is 5.32 Å². The molecule has 0 heterocycles. The molecule has 1 amide bonds. The average Bonchev–Trinajstić information content (AvgIpc) is 3.18. The Bertz CT molecular complexity index is 1230. The van der Waals surface area contributed by atoms with Gasteiger partial charge in [0.1, 0.15) is 6.04 Å². The van der Waals surface area contributed by atoms with Gasteiger partial charge in [-0.15, -0.1) is 0 Å². The van der Waals surface area contributed by atoms with Gasteiger partial charge in [-0.2, -0.15) is 0 Å². The molecule has 5 rings (SSSR count). The Kier molecular flexibility index (Phi) is 5.96. The molecule has 34 heavy (non-hydrogen) atoms. The molecule has 0 unspecified atom stereocenters. The van der Waals surface area contributed by atoms with Crippen molar-refractivity contribution < 1.29 is 14.7 Å². The predicted molar refractivity (Wildman–Crippen MR) is 133 cm³/mol. The molecule has 1 aliphatic rings. The molecule has 168 valence electrons. The van der Waals surface area contributed by atoms with Crippen molar-refractivity contribution in [3.8, 4) is 11.1 Å². The van der Waals surface area contributed by atoms with Crippen LogP contribution in [0.3, 0.4) is 0 Å². The highest BCUT2D eigenvalue weighted by Crippen LogP contribution is 2.46. The molecule has 0 spiro atoms. The van der Waals surface area contributed by atoms with E-state index in [0.717, 1.165) is 33.4 Å². The Morgan fingerprint density at radius 2 is 1.12 bits per heavy atom. The molecule has 0 saturated carbocycles. The summed E-state index contributed by atoms with van der Waals surface area (Å²) in [7, 11) is 0. The van der Waals surface area contributed by atoms with E-state index in [-0.39, 0.29) is 18.2 Å². The fraction of sp³-hybridized carbons (Fsp3) is 0.133. The number of carbonyl (C=O) groups excluding carboxylic acids is 1. The van der Waals surface area contributed by atoms with Crippen molar-refractivity contribution in [2.45, 2.75) is 24.3 Å². The monoisotopic (exact) mass is 447 g/mol. The number of amides is 1. The fourth-order valence-electron chi connectivity index (χ4n) is 5.08. The smallest absolute Gasteiger partial charge is 0.327 e. The highest BCUT2D eigenvalue weighted by atomic mass is 16.4. The maximum Gasteiger partial charge on any atom is 0.327 e. The van der Waals surface area contributed by atoms with Crippen molar-refractivity contribution >= 4 is 11.9 Å². The number of aliphatic carboxylic acids is 1. The zero-order valence-electron chi connectivity index (χ0n) is 18.6. The maximum absolute atomic E-state index is 13.3. The van der Waals surface area contributed by atoms with Gasteiger partial charge >= 0.3 is 5.97 Å². The number of fused-ring (bicyclic) bond motifs is 3. The van der Waals surface area contributed by atoms with E-state index in [0.29, 0.717) is 0 Å². The highest BCUT2D eigenvalue weighted by Gasteiger charge is 2.35. The number of hydrogen-bond acceptors (Lipinski definition) is 2. The summed E-state index contributed by atoms with van der Waals surface area (Å²) in [5.41, 5.74) is 6.17. The van der Waals surface area contributed by atoms with Crippen LogP contribution in [0, 0.1) is 0 Å². The lowest BCUT2D eigenvalue weighted by atomic mass is 9.84. The lowest BCUT2D eigenvalue weighted by molar-refractivity contribution is -0.142. The first-order chi connectivity index (χ1) is 16.6. The number of carboxylic acids is 1. The van der Waals surface area contributed by atoms with Crippen LogP contribution in [-0.4, -0.2) is 23.0 Å². The zero-order chi connectivity index (χ0) is 23.5. The van der Waals surface area contributed by atoms with E-state index in [1.807, 2.05) is 84.9 Å². The highest BCUT2D eigenvalue weighted by molar-refractivity contribution is 5.88. The minimum absolute atomic E-state index is 0.103. The molecule has 0 bridgehead atoms. The van der Waals surface area contributed by atoms with Crippen molar-refractivity contribution in [2.75, 3.05) is 0 Å². The van der Waals surface area contributed by atoms with Crippen LogP contribution in [0.5, 0.6) is 0 Å². The second-order valence-electron chi connectivity index (χ2n) is 8.61.